The molecule has 0 fully saturated rings. The number of carbonyl (C=O) groups is 3. The Kier molecular flexibility index (Phi) is 56.0. The lowest BCUT2D eigenvalue weighted by molar-refractivity contribution is -0.167. The number of unbranched alkanes of at least 4 members (excludes halogenated alkanes) is 16. The number of carbonyl (C=O) groups excluding carboxylic acids is 3. The molecule has 0 aromatic heterocycles. The summed E-state index contributed by atoms with van der Waals surface area (Å²) in [7, 11) is 0. The molecule has 6 heteroatoms. The Labute approximate surface area is 448 Å². The van der Waals surface area contributed by atoms with Gasteiger partial charge < -0.3 is 14.2 Å². The lowest BCUT2D eigenvalue weighted by atomic mass is 10.1. The van der Waals surface area contributed by atoms with Gasteiger partial charge in [-0.25, -0.2) is 0 Å². The van der Waals surface area contributed by atoms with Gasteiger partial charge in [-0.1, -0.05) is 231 Å². The van der Waals surface area contributed by atoms with Crippen LogP contribution in [-0.4, -0.2) is 37.2 Å². The first-order chi connectivity index (χ1) is 36.0. The van der Waals surface area contributed by atoms with Crippen molar-refractivity contribution in [1.82, 2.24) is 0 Å². The van der Waals surface area contributed by atoms with Crippen LogP contribution >= 0.6 is 0 Å². The van der Waals surface area contributed by atoms with E-state index in [0.29, 0.717) is 19.3 Å². The molecule has 0 heterocycles. The molecular weight excluding hydrogens is 901 g/mol. The van der Waals surface area contributed by atoms with Gasteiger partial charge in [-0.15, -0.1) is 0 Å². The molecule has 0 aromatic rings. The summed E-state index contributed by atoms with van der Waals surface area (Å²) < 4.78 is 16.8. The van der Waals surface area contributed by atoms with Crippen LogP contribution in [0, 0.1) is 0 Å². The molecule has 0 saturated carbocycles. The Morgan fingerprint density at radius 3 is 0.877 bits per heavy atom. The van der Waals surface area contributed by atoms with Gasteiger partial charge in [0.05, 0.1) is 0 Å². The molecule has 0 aliphatic rings. The first-order valence-electron chi connectivity index (χ1n) is 29.3. The van der Waals surface area contributed by atoms with E-state index in [4.69, 9.17) is 14.2 Å². The van der Waals surface area contributed by atoms with E-state index in [1.165, 1.54) is 51.4 Å². The lowest BCUT2D eigenvalue weighted by Crippen LogP contribution is -2.30. The summed E-state index contributed by atoms with van der Waals surface area (Å²) in [6, 6.07) is 0. The van der Waals surface area contributed by atoms with Crippen molar-refractivity contribution in [3.8, 4) is 0 Å². The molecule has 1 unspecified atom stereocenters. The molecule has 0 N–H and O–H groups in total. The van der Waals surface area contributed by atoms with Crippen molar-refractivity contribution in [1.29, 1.82) is 0 Å². The fraction of sp³-hybridized carbons (Fsp3) is 0.597. The van der Waals surface area contributed by atoms with Crippen LogP contribution < -0.4 is 0 Å². The number of rotatable bonds is 51. The van der Waals surface area contributed by atoms with E-state index in [1.54, 1.807) is 0 Å². The van der Waals surface area contributed by atoms with Gasteiger partial charge in [-0.3, -0.25) is 14.4 Å². The predicted octanol–water partition coefficient (Wildman–Crippen LogP) is 20.0. The number of hydrogen-bond donors (Lipinski definition) is 0. The van der Waals surface area contributed by atoms with E-state index in [0.717, 1.165) is 141 Å². The predicted molar refractivity (Wildman–Crippen MR) is 315 cm³/mol. The minimum absolute atomic E-state index is 0.108. The average Bonchev–Trinajstić information content (AvgIpc) is 3.39. The van der Waals surface area contributed by atoms with Crippen LogP contribution in [0.1, 0.15) is 239 Å². The third-order valence-corrected chi connectivity index (χ3v) is 11.8. The van der Waals surface area contributed by atoms with Gasteiger partial charge in [0.15, 0.2) is 6.10 Å². The molecule has 410 valence electrons. The number of esters is 3. The van der Waals surface area contributed by atoms with Crippen LogP contribution in [0.3, 0.4) is 0 Å². The zero-order valence-electron chi connectivity index (χ0n) is 46.8. The van der Waals surface area contributed by atoms with Gasteiger partial charge >= 0.3 is 17.9 Å². The van der Waals surface area contributed by atoms with Crippen molar-refractivity contribution in [2.45, 2.75) is 245 Å². The Hall–Kier alpha value is -4.71. The van der Waals surface area contributed by atoms with E-state index < -0.39 is 6.10 Å². The fourth-order valence-corrected chi connectivity index (χ4v) is 7.45. The second kappa shape index (κ2) is 59.8. The first kappa shape index (κ1) is 68.3. The highest BCUT2D eigenvalue weighted by Gasteiger charge is 2.19. The molecule has 73 heavy (non-hydrogen) atoms. The highest BCUT2D eigenvalue weighted by atomic mass is 16.6. The summed E-state index contributed by atoms with van der Waals surface area (Å²) in [5.74, 6) is -0.977. The Morgan fingerprint density at radius 1 is 0.288 bits per heavy atom. The minimum Gasteiger partial charge on any atom is -0.462 e. The van der Waals surface area contributed by atoms with Crippen molar-refractivity contribution in [2.75, 3.05) is 13.2 Å². The zero-order chi connectivity index (χ0) is 52.9. The van der Waals surface area contributed by atoms with Crippen LogP contribution in [0.15, 0.2) is 146 Å². The van der Waals surface area contributed by atoms with Crippen LogP contribution in [0.25, 0.3) is 0 Å². The molecule has 1 atom stereocenters. The highest BCUT2D eigenvalue weighted by Crippen LogP contribution is 2.13. The number of ether oxygens (including phenoxy) is 3. The quantitative estimate of drug-likeness (QED) is 0.0261. The standard InChI is InChI=1S/C67H106O6/c1-4-7-10-13-16-19-22-24-26-27-28-29-30-31-32-33-34-35-36-37-38-39-41-42-45-48-51-54-57-60-66(69)72-63-64(62-71-65(68)59-56-53-50-47-44-21-18-15-12-9-6-3)73-67(70)61-58-55-52-49-46-43-40-25-23-20-17-14-11-8-5-2/h7-8,10-11,15-20,24-26,28-29,31-32,34-35,37-38,40,46,49,64H,4-6,9,12-14,21-23,27,30,33,36,39,41-45,47-48,50-63H2,1-3H3/b10-7-,11-8-,18-15-,19-16-,20-17-,26-24-,29-28-,32-31-,35-34-,38-37-,40-25-,49-46-. The van der Waals surface area contributed by atoms with Crippen molar-refractivity contribution in [3.63, 3.8) is 0 Å². The van der Waals surface area contributed by atoms with Crippen molar-refractivity contribution >= 4 is 17.9 Å². The molecular formula is C67H106O6. The van der Waals surface area contributed by atoms with E-state index in [2.05, 4.69) is 167 Å². The topological polar surface area (TPSA) is 78.9 Å². The van der Waals surface area contributed by atoms with Crippen LogP contribution in [-0.2, 0) is 28.6 Å². The summed E-state index contributed by atoms with van der Waals surface area (Å²) in [6.07, 6.45) is 85.6. The second-order valence-corrected chi connectivity index (χ2v) is 18.8. The van der Waals surface area contributed by atoms with E-state index in [9.17, 15) is 14.4 Å². The van der Waals surface area contributed by atoms with E-state index in [-0.39, 0.29) is 37.5 Å². The lowest BCUT2D eigenvalue weighted by Gasteiger charge is -2.18. The minimum atomic E-state index is -0.813. The average molecular weight is 1010 g/mol. The maximum atomic E-state index is 12.8. The summed E-state index contributed by atoms with van der Waals surface area (Å²) in [5, 5.41) is 0. The summed E-state index contributed by atoms with van der Waals surface area (Å²) in [5.41, 5.74) is 0. The van der Waals surface area contributed by atoms with Gasteiger partial charge in [0.2, 0.25) is 0 Å². The third kappa shape index (κ3) is 58.1. The Morgan fingerprint density at radius 2 is 0.534 bits per heavy atom. The SMILES string of the molecule is CC/C=C\C/C=C\C/C=C\C/C=C\C/C=C\C/C=C\C/C=C\CCCCCCCCCC(=O)OCC(COC(=O)CCCCCCC/C=C\CCCC)OC(=O)CCCC/C=C\C/C=C\C/C=C\C/C=C\CC. The molecule has 6 nitrogen and oxygen atoms in total. The summed E-state index contributed by atoms with van der Waals surface area (Å²) >= 11 is 0. The molecule has 0 aliphatic heterocycles. The van der Waals surface area contributed by atoms with Crippen LogP contribution in [0.5, 0.6) is 0 Å². The summed E-state index contributed by atoms with van der Waals surface area (Å²) in [6.45, 7) is 6.30. The Bertz CT molecular complexity index is 1630. The van der Waals surface area contributed by atoms with E-state index in [1.807, 2.05) is 0 Å². The molecule has 0 aliphatic carbocycles. The molecule has 0 spiro atoms. The largest absolute Gasteiger partial charge is 0.462 e. The molecule has 0 bridgehead atoms. The van der Waals surface area contributed by atoms with Crippen LogP contribution in [0.4, 0.5) is 0 Å². The molecule has 0 amide bonds. The highest BCUT2D eigenvalue weighted by molar-refractivity contribution is 5.71. The maximum Gasteiger partial charge on any atom is 0.306 e. The summed E-state index contributed by atoms with van der Waals surface area (Å²) in [4.78, 5) is 38.1. The number of hydrogen-bond acceptors (Lipinski definition) is 6. The van der Waals surface area contributed by atoms with E-state index >= 15 is 0 Å². The monoisotopic (exact) mass is 1010 g/mol. The van der Waals surface area contributed by atoms with Gasteiger partial charge in [0.1, 0.15) is 13.2 Å². The second-order valence-electron chi connectivity index (χ2n) is 18.8. The smallest absolute Gasteiger partial charge is 0.306 e. The number of allylic oxidation sites excluding steroid dienone is 24. The molecule has 0 aromatic carbocycles. The Balaban J connectivity index is 4.35. The van der Waals surface area contributed by atoms with Crippen molar-refractivity contribution < 1.29 is 28.6 Å². The molecule has 0 saturated heterocycles. The normalized spacial score (nSPS) is 13.2. The van der Waals surface area contributed by atoms with Gasteiger partial charge in [-0.05, 0) is 135 Å². The zero-order valence-corrected chi connectivity index (χ0v) is 46.8. The first-order valence-corrected chi connectivity index (χ1v) is 29.3. The molecule has 0 rings (SSSR count). The third-order valence-electron chi connectivity index (χ3n) is 11.8. The van der Waals surface area contributed by atoms with Crippen molar-refractivity contribution in [2.24, 2.45) is 0 Å². The van der Waals surface area contributed by atoms with Gasteiger partial charge in [0, 0.05) is 19.3 Å². The maximum absolute atomic E-state index is 12.8. The van der Waals surface area contributed by atoms with Gasteiger partial charge in [0.25, 0.3) is 0 Å². The van der Waals surface area contributed by atoms with Crippen molar-refractivity contribution in [3.05, 3.63) is 146 Å². The van der Waals surface area contributed by atoms with Gasteiger partial charge in [-0.2, -0.15) is 0 Å². The molecule has 0 radical (unpaired) electrons. The fourth-order valence-electron chi connectivity index (χ4n) is 7.45. The van der Waals surface area contributed by atoms with Crippen LogP contribution in [0.2, 0.25) is 0 Å².